The quantitative estimate of drug-likeness (QED) is 0.915. The number of thiophene rings is 1. The Hall–Kier alpha value is -1.24. The van der Waals surface area contributed by atoms with Gasteiger partial charge in [0.25, 0.3) is 5.91 Å². The summed E-state index contributed by atoms with van der Waals surface area (Å²) in [5, 5.41) is 11.8. The molecule has 0 aromatic carbocycles. The van der Waals surface area contributed by atoms with E-state index in [2.05, 4.69) is 4.98 Å². The number of rotatable bonds is 5. The van der Waals surface area contributed by atoms with Crippen LogP contribution in [0, 0.1) is 0 Å². The highest BCUT2D eigenvalue weighted by molar-refractivity contribution is 7.21. The van der Waals surface area contributed by atoms with E-state index < -0.39 is 0 Å². The van der Waals surface area contributed by atoms with Crippen LogP contribution in [0.4, 0.5) is 0 Å². The maximum atomic E-state index is 12.1. The minimum atomic E-state index is -0.0631. The molecule has 2 aromatic rings. The molecular formula is C12H14N2O2S2. The predicted octanol–water partition coefficient (Wildman–Crippen LogP) is 2.33. The van der Waals surface area contributed by atoms with Gasteiger partial charge in [0, 0.05) is 13.1 Å². The minimum Gasteiger partial charge on any atom is -0.395 e. The molecule has 0 spiro atoms. The average molecular weight is 282 g/mol. The lowest BCUT2D eigenvalue weighted by Crippen LogP contribution is -2.32. The largest absolute Gasteiger partial charge is 0.395 e. The third-order valence-electron chi connectivity index (χ3n) is 2.49. The van der Waals surface area contributed by atoms with Gasteiger partial charge >= 0.3 is 0 Å². The average Bonchev–Trinajstić information content (AvgIpc) is 3.04. The molecule has 0 radical (unpaired) electrons. The molecule has 0 atom stereocenters. The first-order valence-corrected chi connectivity index (χ1v) is 7.35. The number of aliphatic hydroxyl groups excluding tert-OH is 1. The van der Waals surface area contributed by atoms with E-state index >= 15 is 0 Å². The fourth-order valence-electron chi connectivity index (χ4n) is 1.57. The molecule has 0 unspecified atom stereocenters. The first-order chi connectivity index (χ1) is 8.76. The van der Waals surface area contributed by atoms with E-state index in [-0.39, 0.29) is 12.5 Å². The Morgan fingerprint density at radius 3 is 3.00 bits per heavy atom. The van der Waals surface area contributed by atoms with Crippen LogP contribution in [0.2, 0.25) is 0 Å². The first kappa shape index (κ1) is 13.2. The number of amides is 1. The van der Waals surface area contributed by atoms with Gasteiger partial charge in [-0.3, -0.25) is 4.79 Å². The molecule has 6 heteroatoms. The van der Waals surface area contributed by atoms with Crippen LogP contribution in [-0.2, 0) is 0 Å². The lowest BCUT2D eigenvalue weighted by Gasteiger charge is -2.18. The van der Waals surface area contributed by atoms with Crippen LogP contribution in [0.25, 0.3) is 9.88 Å². The van der Waals surface area contributed by atoms with Crippen molar-refractivity contribution in [3.8, 4) is 9.88 Å². The fourth-order valence-corrected chi connectivity index (χ4v) is 3.25. The van der Waals surface area contributed by atoms with Crippen molar-refractivity contribution in [3.63, 3.8) is 0 Å². The lowest BCUT2D eigenvalue weighted by atomic mass is 10.4. The Kier molecular flexibility index (Phi) is 4.46. The fraction of sp³-hybridized carbons (Fsp3) is 0.333. The molecule has 0 saturated carbocycles. The molecule has 18 heavy (non-hydrogen) atoms. The maximum Gasteiger partial charge on any atom is 0.265 e. The van der Waals surface area contributed by atoms with E-state index in [1.807, 2.05) is 24.4 Å². The zero-order chi connectivity index (χ0) is 13.0. The summed E-state index contributed by atoms with van der Waals surface area (Å²) < 4.78 is 0. The summed E-state index contributed by atoms with van der Waals surface area (Å²) in [6, 6.07) is 3.95. The molecular weight excluding hydrogens is 268 g/mol. The molecule has 2 rings (SSSR count). The van der Waals surface area contributed by atoms with Crippen molar-refractivity contribution in [2.45, 2.75) is 6.92 Å². The van der Waals surface area contributed by atoms with E-state index in [0.717, 1.165) is 9.88 Å². The Morgan fingerprint density at radius 1 is 1.56 bits per heavy atom. The van der Waals surface area contributed by atoms with Gasteiger partial charge in [-0.05, 0) is 18.4 Å². The van der Waals surface area contributed by atoms with Gasteiger partial charge in [0.15, 0.2) is 0 Å². The van der Waals surface area contributed by atoms with Crippen molar-refractivity contribution >= 4 is 28.6 Å². The number of aliphatic hydroxyl groups is 1. The molecule has 1 N–H and O–H groups in total. The second-order valence-corrected chi connectivity index (χ2v) is 5.59. The lowest BCUT2D eigenvalue weighted by molar-refractivity contribution is 0.0736. The zero-order valence-electron chi connectivity index (χ0n) is 10.00. The number of nitrogens with zero attached hydrogens (tertiary/aromatic N) is 2. The first-order valence-electron chi connectivity index (χ1n) is 5.66. The third-order valence-corrected chi connectivity index (χ3v) is 4.51. The van der Waals surface area contributed by atoms with E-state index in [4.69, 9.17) is 5.11 Å². The Bertz CT molecular complexity index is 508. The van der Waals surface area contributed by atoms with E-state index in [1.54, 1.807) is 22.4 Å². The molecule has 2 aromatic heterocycles. The van der Waals surface area contributed by atoms with Gasteiger partial charge < -0.3 is 10.0 Å². The molecule has 0 aliphatic carbocycles. The maximum absolute atomic E-state index is 12.1. The van der Waals surface area contributed by atoms with Crippen molar-refractivity contribution in [2.75, 3.05) is 19.7 Å². The van der Waals surface area contributed by atoms with Gasteiger partial charge in [0.2, 0.25) is 0 Å². The normalized spacial score (nSPS) is 10.6. The van der Waals surface area contributed by atoms with Gasteiger partial charge in [-0.1, -0.05) is 6.07 Å². The summed E-state index contributed by atoms with van der Waals surface area (Å²) in [5.41, 5.74) is 0. The Balaban J connectivity index is 2.17. The number of hydrogen-bond acceptors (Lipinski definition) is 5. The predicted molar refractivity (Wildman–Crippen MR) is 74.1 cm³/mol. The van der Waals surface area contributed by atoms with Crippen molar-refractivity contribution in [2.24, 2.45) is 0 Å². The smallest absolute Gasteiger partial charge is 0.265 e. The molecule has 2 heterocycles. The molecule has 4 nitrogen and oxygen atoms in total. The molecule has 0 fully saturated rings. The molecule has 0 aliphatic rings. The van der Waals surface area contributed by atoms with Gasteiger partial charge in [-0.25, -0.2) is 4.98 Å². The summed E-state index contributed by atoms with van der Waals surface area (Å²) in [4.78, 5) is 19.7. The highest BCUT2D eigenvalue weighted by Gasteiger charge is 2.17. The van der Waals surface area contributed by atoms with Gasteiger partial charge in [-0.15, -0.1) is 22.7 Å². The summed E-state index contributed by atoms with van der Waals surface area (Å²) in [6.45, 7) is 2.83. The number of carbonyl (C=O) groups is 1. The van der Waals surface area contributed by atoms with Crippen LogP contribution in [0.3, 0.4) is 0 Å². The van der Waals surface area contributed by atoms with E-state index in [0.29, 0.717) is 18.0 Å². The molecule has 1 amide bonds. The van der Waals surface area contributed by atoms with Gasteiger partial charge in [0.1, 0.15) is 9.88 Å². The molecule has 96 valence electrons. The molecule has 0 saturated heterocycles. The van der Waals surface area contributed by atoms with Crippen LogP contribution >= 0.6 is 22.7 Å². The number of thiazole rings is 1. The molecule has 0 aliphatic heterocycles. The van der Waals surface area contributed by atoms with Crippen molar-refractivity contribution in [3.05, 3.63) is 28.6 Å². The standard InChI is InChI=1S/C12H14N2O2S2/c1-2-14(5-6-15)12(16)10-8-13-11(18-10)9-4-3-7-17-9/h3-4,7-8,15H,2,5-6H2,1H3. The van der Waals surface area contributed by atoms with E-state index in [1.165, 1.54) is 11.3 Å². The van der Waals surface area contributed by atoms with Crippen LogP contribution in [-0.4, -0.2) is 40.6 Å². The highest BCUT2D eigenvalue weighted by atomic mass is 32.1. The highest BCUT2D eigenvalue weighted by Crippen LogP contribution is 2.29. The van der Waals surface area contributed by atoms with Gasteiger partial charge in [0.05, 0.1) is 17.7 Å². The second-order valence-electron chi connectivity index (χ2n) is 3.62. The zero-order valence-corrected chi connectivity index (χ0v) is 11.6. The summed E-state index contributed by atoms with van der Waals surface area (Å²) in [5.74, 6) is -0.0631. The van der Waals surface area contributed by atoms with Crippen molar-refractivity contribution in [1.82, 2.24) is 9.88 Å². The number of hydrogen-bond donors (Lipinski definition) is 1. The molecule has 0 bridgehead atoms. The summed E-state index contributed by atoms with van der Waals surface area (Å²) in [7, 11) is 0. The number of likely N-dealkylation sites (N-methyl/N-ethyl adjacent to an activating group) is 1. The summed E-state index contributed by atoms with van der Waals surface area (Å²) in [6.07, 6.45) is 1.61. The van der Waals surface area contributed by atoms with E-state index in [9.17, 15) is 4.79 Å². The summed E-state index contributed by atoms with van der Waals surface area (Å²) >= 11 is 3.00. The van der Waals surface area contributed by atoms with Crippen molar-refractivity contribution < 1.29 is 9.90 Å². The topological polar surface area (TPSA) is 53.4 Å². The monoisotopic (exact) mass is 282 g/mol. The van der Waals surface area contributed by atoms with Crippen LogP contribution in [0.1, 0.15) is 16.6 Å². The van der Waals surface area contributed by atoms with Crippen LogP contribution in [0.15, 0.2) is 23.7 Å². The number of aromatic nitrogens is 1. The third kappa shape index (κ3) is 2.77. The van der Waals surface area contributed by atoms with Crippen LogP contribution in [0.5, 0.6) is 0 Å². The number of carbonyl (C=O) groups excluding carboxylic acids is 1. The van der Waals surface area contributed by atoms with Crippen LogP contribution < -0.4 is 0 Å². The minimum absolute atomic E-state index is 0.0177. The Morgan fingerprint density at radius 2 is 2.39 bits per heavy atom. The van der Waals surface area contributed by atoms with Gasteiger partial charge in [-0.2, -0.15) is 0 Å². The second kappa shape index (κ2) is 6.08. The SMILES string of the molecule is CCN(CCO)C(=O)c1cnc(-c2cccs2)s1. The Labute approximate surface area is 114 Å². The van der Waals surface area contributed by atoms with Crippen molar-refractivity contribution in [1.29, 1.82) is 0 Å².